The van der Waals surface area contributed by atoms with Crippen LogP contribution in [0.1, 0.15) is 58.1 Å². The molecule has 2 aliphatic rings. The average molecular weight is 332 g/mol. The summed E-state index contributed by atoms with van der Waals surface area (Å²) < 4.78 is 2.24. The van der Waals surface area contributed by atoms with Crippen molar-refractivity contribution in [1.29, 1.82) is 0 Å². The third-order valence-corrected chi connectivity index (χ3v) is 5.63. The van der Waals surface area contributed by atoms with Crippen LogP contribution in [0.3, 0.4) is 0 Å². The number of guanidine groups is 1. The first-order valence-corrected chi connectivity index (χ1v) is 9.70. The van der Waals surface area contributed by atoms with Gasteiger partial charge in [0.2, 0.25) is 0 Å². The lowest BCUT2D eigenvalue weighted by atomic mass is 9.87. The molecule has 2 aliphatic heterocycles. The number of likely N-dealkylation sites (tertiary alicyclic amines) is 1. The van der Waals surface area contributed by atoms with Crippen molar-refractivity contribution in [3.05, 3.63) is 11.6 Å². The smallest absolute Gasteiger partial charge is 0.194 e. The Hall–Kier alpha value is -1.59. The fraction of sp³-hybridized carbons (Fsp3) is 0.833. The predicted octanol–water partition coefficient (Wildman–Crippen LogP) is 2.45. The summed E-state index contributed by atoms with van der Waals surface area (Å²) in [5.41, 5.74) is 0. The van der Waals surface area contributed by atoms with Crippen LogP contribution in [0, 0.1) is 11.8 Å². The number of nitrogens with zero attached hydrogens (tertiary/aromatic N) is 5. The topological polar surface area (TPSA) is 58.3 Å². The van der Waals surface area contributed by atoms with Crippen LogP contribution in [0.4, 0.5) is 0 Å². The van der Waals surface area contributed by atoms with E-state index in [4.69, 9.17) is 4.99 Å². The van der Waals surface area contributed by atoms with Gasteiger partial charge in [0, 0.05) is 32.6 Å². The van der Waals surface area contributed by atoms with Crippen LogP contribution in [-0.4, -0.2) is 45.3 Å². The molecular weight excluding hydrogens is 300 g/mol. The van der Waals surface area contributed by atoms with Crippen LogP contribution in [-0.2, 0) is 19.5 Å². The molecule has 1 atom stereocenters. The normalized spacial score (nSPS) is 20.9. The van der Waals surface area contributed by atoms with Gasteiger partial charge < -0.3 is 14.8 Å². The van der Waals surface area contributed by atoms with E-state index in [1.54, 1.807) is 0 Å². The van der Waals surface area contributed by atoms with Crippen molar-refractivity contribution < 1.29 is 0 Å². The monoisotopic (exact) mass is 332 g/mol. The number of fused-ring (bicyclic) bond motifs is 1. The number of rotatable bonds is 6. The van der Waals surface area contributed by atoms with E-state index in [1.165, 1.54) is 25.7 Å². The molecule has 0 aliphatic carbocycles. The third kappa shape index (κ3) is 3.57. The minimum Gasteiger partial charge on any atom is -0.357 e. The Morgan fingerprint density at radius 2 is 2.08 bits per heavy atom. The first-order valence-electron chi connectivity index (χ1n) is 9.70. The number of aromatic nitrogens is 3. The third-order valence-electron chi connectivity index (χ3n) is 5.63. The van der Waals surface area contributed by atoms with Crippen molar-refractivity contribution in [3.8, 4) is 0 Å². The minimum absolute atomic E-state index is 0.626. The van der Waals surface area contributed by atoms with Crippen LogP contribution in [0.15, 0.2) is 4.99 Å². The molecule has 0 spiro atoms. The predicted molar refractivity (Wildman–Crippen MR) is 96.9 cm³/mol. The zero-order valence-corrected chi connectivity index (χ0v) is 15.5. The highest BCUT2D eigenvalue weighted by Crippen LogP contribution is 2.28. The van der Waals surface area contributed by atoms with E-state index in [0.29, 0.717) is 6.54 Å². The van der Waals surface area contributed by atoms with Crippen molar-refractivity contribution in [3.63, 3.8) is 0 Å². The summed E-state index contributed by atoms with van der Waals surface area (Å²) in [6.45, 7) is 11.6. The summed E-state index contributed by atoms with van der Waals surface area (Å²) in [5, 5.41) is 12.1. The Labute approximate surface area is 145 Å². The Bertz CT molecular complexity index is 560. The second-order valence-corrected chi connectivity index (χ2v) is 7.03. The summed E-state index contributed by atoms with van der Waals surface area (Å²) in [6, 6.07) is 0. The molecule has 0 aromatic carbocycles. The van der Waals surface area contributed by atoms with Crippen molar-refractivity contribution in [2.24, 2.45) is 16.8 Å². The maximum atomic E-state index is 4.87. The lowest BCUT2D eigenvalue weighted by Gasteiger charge is -2.24. The largest absolute Gasteiger partial charge is 0.357 e. The quantitative estimate of drug-likeness (QED) is 0.642. The van der Waals surface area contributed by atoms with Crippen LogP contribution in [0.5, 0.6) is 0 Å². The number of aryl methyl sites for hydroxylation is 1. The molecule has 1 aromatic heterocycles. The minimum atomic E-state index is 0.626. The average Bonchev–Trinajstić information content (AvgIpc) is 3.30. The van der Waals surface area contributed by atoms with E-state index in [0.717, 1.165) is 62.0 Å². The zero-order chi connectivity index (χ0) is 16.9. The van der Waals surface area contributed by atoms with E-state index in [9.17, 15) is 0 Å². The Morgan fingerprint density at radius 3 is 2.83 bits per heavy atom. The summed E-state index contributed by atoms with van der Waals surface area (Å²) >= 11 is 0. The molecular formula is C18H32N6. The molecule has 0 saturated carbocycles. The molecule has 3 rings (SSSR count). The van der Waals surface area contributed by atoms with Gasteiger partial charge in [-0.25, -0.2) is 4.99 Å². The maximum Gasteiger partial charge on any atom is 0.194 e. The number of nitrogens with one attached hydrogen (secondary N) is 1. The van der Waals surface area contributed by atoms with Crippen LogP contribution >= 0.6 is 0 Å². The SMILES string of the molecule is CCNC(=NCc1nnc2n1CCC2)N1CCC(C(CC)CC)C1. The van der Waals surface area contributed by atoms with Crippen molar-refractivity contribution in [2.75, 3.05) is 19.6 Å². The van der Waals surface area contributed by atoms with Crippen LogP contribution in [0.2, 0.25) is 0 Å². The van der Waals surface area contributed by atoms with Gasteiger partial charge in [0.25, 0.3) is 0 Å². The molecule has 3 heterocycles. The van der Waals surface area contributed by atoms with Gasteiger partial charge in [-0.2, -0.15) is 0 Å². The van der Waals surface area contributed by atoms with Gasteiger partial charge in [0.15, 0.2) is 11.8 Å². The van der Waals surface area contributed by atoms with Crippen molar-refractivity contribution >= 4 is 5.96 Å². The molecule has 1 fully saturated rings. The van der Waals surface area contributed by atoms with E-state index in [2.05, 4.69) is 45.8 Å². The van der Waals surface area contributed by atoms with Gasteiger partial charge in [0.1, 0.15) is 12.4 Å². The molecule has 134 valence electrons. The van der Waals surface area contributed by atoms with Gasteiger partial charge in [-0.15, -0.1) is 10.2 Å². The number of aliphatic imine (C=N–C) groups is 1. The van der Waals surface area contributed by atoms with E-state index < -0.39 is 0 Å². The standard InChI is InChI=1S/C18H32N6/c1-4-14(5-2)15-9-11-23(13-15)18(19-6-3)20-12-17-22-21-16-8-7-10-24(16)17/h14-15H,4-13H2,1-3H3,(H,19,20). The summed E-state index contributed by atoms with van der Waals surface area (Å²) in [7, 11) is 0. The molecule has 24 heavy (non-hydrogen) atoms. The number of hydrogen-bond donors (Lipinski definition) is 1. The lowest BCUT2D eigenvalue weighted by molar-refractivity contribution is 0.319. The van der Waals surface area contributed by atoms with Gasteiger partial charge in [-0.1, -0.05) is 26.7 Å². The van der Waals surface area contributed by atoms with Gasteiger partial charge in [0.05, 0.1) is 0 Å². The first kappa shape index (κ1) is 17.2. The highest BCUT2D eigenvalue weighted by molar-refractivity contribution is 5.80. The second-order valence-electron chi connectivity index (χ2n) is 7.03. The molecule has 1 N–H and O–H groups in total. The van der Waals surface area contributed by atoms with Gasteiger partial charge in [-0.05, 0) is 31.6 Å². The van der Waals surface area contributed by atoms with E-state index in [1.807, 2.05) is 0 Å². The van der Waals surface area contributed by atoms with Crippen molar-refractivity contribution in [1.82, 2.24) is 25.0 Å². The molecule has 0 radical (unpaired) electrons. The zero-order valence-electron chi connectivity index (χ0n) is 15.5. The van der Waals surface area contributed by atoms with Gasteiger partial charge >= 0.3 is 0 Å². The Morgan fingerprint density at radius 1 is 1.25 bits per heavy atom. The van der Waals surface area contributed by atoms with Gasteiger partial charge in [-0.3, -0.25) is 0 Å². The highest BCUT2D eigenvalue weighted by atomic mass is 15.3. The molecule has 6 nitrogen and oxygen atoms in total. The summed E-state index contributed by atoms with van der Waals surface area (Å²) in [5.74, 6) is 4.83. The molecule has 0 amide bonds. The molecule has 1 saturated heterocycles. The summed E-state index contributed by atoms with van der Waals surface area (Å²) in [6.07, 6.45) is 6.10. The Kier molecular flexibility index (Phi) is 5.74. The first-order chi connectivity index (χ1) is 11.8. The van der Waals surface area contributed by atoms with Crippen LogP contribution < -0.4 is 5.32 Å². The summed E-state index contributed by atoms with van der Waals surface area (Å²) in [4.78, 5) is 7.31. The second kappa shape index (κ2) is 7.99. The fourth-order valence-corrected chi connectivity index (χ4v) is 4.22. The molecule has 1 aromatic rings. The Balaban J connectivity index is 1.66. The maximum absolute atomic E-state index is 4.87. The van der Waals surface area contributed by atoms with Crippen molar-refractivity contribution in [2.45, 2.75) is 66.0 Å². The number of hydrogen-bond acceptors (Lipinski definition) is 3. The molecule has 1 unspecified atom stereocenters. The fourth-order valence-electron chi connectivity index (χ4n) is 4.22. The van der Waals surface area contributed by atoms with E-state index in [-0.39, 0.29) is 0 Å². The highest BCUT2D eigenvalue weighted by Gasteiger charge is 2.29. The van der Waals surface area contributed by atoms with E-state index >= 15 is 0 Å². The molecule has 0 bridgehead atoms. The lowest BCUT2D eigenvalue weighted by Crippen LogP contribution is -2.40. The molecule has 6 heteroatoms. The van der Waals surface area contributed by atoms with Crippen LogP contribution in [0.25, 0.3) is 0 Å².